The summed E-state index contributed by atoms with van der Waals surface area (Å²) in [5.74, 6) is -0.145. The van der Waals surface area contributed by atoms with Gasteiger partial charge in [0.05, 0.1) is 19.6 Å². The van der Waals surface area contributed by atoms with Crippen molar-refractivity contribution in [2.45, 2.75) is 13.1 Å². The molecule has 9 nitrogen and oxygen atoms in total. The highest BCUT2D eigenvalue weighted by Gasteiger charge is 2.24. The fraction of sp³-hybridized carbons (Fsp3) is 0.389. The van der Waals surface area contributed by atoms with Crippen molar-refractivity contribution in [2.24, 2.45) is 5.73 Å². The van der Waals surface area contributed by atoms with E-state index in [9.17, 15) is 14.4 Å². The first kappa shape index (κ1) is 18.7. The number of carbonyl (C=O) groups is 2. The third-order valence-corrected chi connectivity index (χ3v) is 4.51. The number of aromatic nitrogens is 1. The third kappa shape index (κ3) is 4.37. The van der Waals surface area contributed by atoms with E-state index in [1.807, 2.05) is 0 Å². The molecule has 9 heteroatoms. The van der Waals surface area contributed by atoms with Gasteiger partial charge in [0.25, 0.3) is 5.91 Å². The molecule has 0 saturated carbocycles. The highest BCUT2D eigenvalue weighted by atomic mass is 16.5. The van der Waals surface area contributed by atoms with Gasteiger partial charge in [0.15, 0.2) is 11.5 Å². The predicted molar refractivity (Wildman–Crippen MR) is 96.3 cm³/mol. The summed E-state index contributed by atoms with van der Waals surface area (Å²) in [7, 11) is 1.40. The molecule has 0 atom stereocenters. The van der Waals surface area contributed by atoms with Crippen molar-refractivity contribution >= 4 is 11.8 Å². The number of hydrogen-bond acceptors (Lipinski definition) is 6. The van der Waals surface area contributed by atoms with Crippen molar-refractivity contribution in [1.82, 2.24) is 14.4 Å². The molecule has 2 aromatic rings. The molecule has 1 aliphatic rings. The van der Waals surface area contributed by atoms with E-state index >= 15 is 0 Å². The number of nitrogens with two attached hydrogens (primary N) is 1. The quantitative estimate of drug-likeness (QED) is 0.755. The van der Waals surface area contributed by atoms with Gasteiger partial charge in [-0.2, -0.15) is 0 Å². The van der Waals surface area contributed by atoms with Crippen LogP contribution in [-0.2, 0) is 17.9 Å². The molecule has 1 aliphatic heterocycles. The molecule has 144 valence electrons. The number of amides is 2. The zero-order valence-electron chi connectivity index (χ0n) is 15.1. The summed E-state index contributed by atoms with van der Waals surface area (Å²) in [4.78, 5) is 39.6. The average Bonchev–Trinajstić information content (AvgIpc) is 3.18. The van der Waals surface area contributed by atoms with Gasteiger partial charge in [0.1, 0.15) is 6.54 Å². The van der Waals surface area contributed by atoms with Crippen LogP contribution < -0.4 is 15.9 Å². The Morgan fingerprint density at radius 3 is 2.59 bits per heavy atom. The van der Waals surface area contributed by atoms with Gasteiger partial charge in [-0.15, -0.1) is 0 Å². The Balaban J connectivity index is 1.68. The van der Waals surface area contributed by atoms with Crippen molar-refractivity contribution in [3.63, 3.8) is 0 Å². The molecule has 0 bridgehead atoms. The number of nitrogens with zero attached hydrogens (tertiary/aromatic N) is 3. The third-order valence-electron chi connectivity index (χ3n) is 4.51. The van der Waals surface area contributed by atoms with Crippen LogP contribution in [0.3, 0.4) is 0 Å². The van der Waals surface area contributed by atoms with Gasteiger partial charge in [-0.25, -0.2) is 0 Å². The summed E-state index contributed by atoms with van der Waals surface area (Å²) in [5.41, 5.74) is 5.73. The van der Waals surface area contributed by atoms with Crippen LogP contribution in [0, 0.1) is 0 Å². The van der Waals surface area contributed by atoms with Crippen LogP contribution in [0.4, 0.5) is 0 Å². The summed E-state index contributed by atoms with van der Waals surface area (Å²) in [6, 6.07) is 4.79. The summed E-state index contributed by atoms with van der Waals surface area (Å²) >= 11 is 0. The number of furan rings is 1. The van der Waals surface area contributed by atoms with E-state index in [1.165, 1.54) is 25.6 Å². The van der Waals surface area contributed by atoms with E-state index in [0.29, 0.717) is 44.2 Å². The van der Waals surface area contributed by atoms with E-state index in [-0.39, 0.29) is 23.6 Å². The number of carbonyl (C=O) groups excluding carboxylic acids is 2. The number of rotatable bonds is 6. The van der Waals surface area contributed by atoms with Crippen LogP contribution in [0.5, 0.6) is 5.75 Å². The highest BCUT2D eigenvalue weighted by Crippen LogP contribution is 2.13. The molecule has 1 fully saturated rings. The fourth-order valence-corrected chi connectivity index (χ4v) is 3.09. The summed E-state index contributed by atoms with van der Waals surface area (Å²) in [6.07, 6.45) is 2.98. The van der Waals surface area contributed by atoms with Crippen molar-refractivity contribution in [1.29, 1.82) is 0 Å². The van der Waals surface area contributed by atoms with Crippen molar-refractivity contribution in [3.8, 4) is 5.75 Å². The minimum absolute atomic E-state index is 0.0388. The Kier molecular flexibility index (Phi) is 5.60. The first-order valence-corrected chi connectivity index (χ1v) is 8.58. The smallest absolute Gasteiger partial charge is 0.289 e. The van der Waals surface area contributed by atoms with Crippen LogP contribution in [0.1, 0.15) is 16.2 Å². The number of methoxy groups -OCH3 is 1. The Hall–Kier alpha value is -3.07. The average molecular weight is 374 g/mol. The number of ether oxygens (including phenoxy) is 1. The number of piperazine rings is 1. The van der Waals surface area contributed by atoms with Gasteiger partial charge in [-0.1, -0.05) is 0 Å². The van der Waals surface area contributed by atoms with Crippen molar-refractivity contribution in [3.05, 3.63) is 52.3 Å². The fourth-order valence-electron chi connectivity index (χ4n) is 3.09. The van der Waals surface area contributed by atoms with Gasteiger partial charge >= 0.3 is 0 Å². The lowest BCUT2D eigenvalue weighted by Crippen LogP contribution is -2.48. The van der Waals surface area contributed by atoms with Crippen molar-refractivity contribution in [2.75, 3.05) is 33.3 Å². The van der Waals surface area contributed by atoms with Crippen LogP contribution in [-0.4, -0.2) is 59.5 Å². The van der Waals surface area contributed by atoms with Gasteiger partial charge in [0.2, 0.25) is 11.3 Å². The standard InChI is InChI=1S/C18H22N4O5/c1-26-16-11-22(12-17(19)24)13(9-14(16)23)10-20-4-6-21(7-5-20)18(25)15-3-2-8-27-15/h2-3,8-9,11H,4-7,10,12H2,1H3,(H2,19,24). The minimum atomic E-state index is -0.504. The molecule has 2 aromatic heterocycles. The Morgan fingerprint density at radius 1 is 1.26 bits per heavy atom. The number of primary amides is 1. The van der Waals surface area contributed by atoms with Crippen molar-refractivity contribution < 1.29 is 18.7 Å². The molecule has 2 amide bonds. The summed E-state index contributed by atoms with van der Waals surface area (Å²) < 4.78 is 11.8. The first-order chi connectivity index (χ1) is 13.0. The molecule has 2 N–H and O–H groups in total. The molecular weight excluding hydrogens is 352 g/mol. The maximum atomic E-state index is 12.3. The molecular formula is C18H22N4O5. The topological polar surface area (TPSA) is 111 Å². The van der Waals surface area contributed by atoms with Crippen LogP contribution in [0.15, 0.2) is 39.9 Å². The Bertz CT molecular complexity index is 866. The lowest BCUT2D eigenvalue weighted by Gasteiger charge is -2.34. The molecule has 0 aromatic carbocycles. The second kappa shape index (κ2) is 8.09. The number of pyridine rings is 1. The molecule has 0 radical (unpaired) electrons. The maximum Gasteiger partial charge on any atom is 0.289 e. The summed E-state index contributed by atoms with van der Waals surface area (Å²) in [6.45, 7) is 2.82. The lowest BCUT2D eigenvalue weighted by molar-refractivity contribution is -0.118. The van der Waals surface area contributed by atoms with Gasteiger partial charge in [-0.3, -0.25) is 19.3 Å². The second-order valence-corrected chi connectivity index (χ2v) is 6.34. The summed E-state index contributed by atoms with van der Waals surface area (Å²) in [5, 5.41) is 0. The molecule has 0 aliphatic carbocycles. The largest absolute Gasteiger partial charge is 0.491 e. The Labute approximate surface area is 155 Å². The van der Waals surface area contributed by atoms with Gasteiger partial charge in [0, 0.05) is 44.5 Å². The monoisotopic (exact) mass is 374 g/mol. The van der Waals surface area contributed by atoms with E-state index in [2.05, 4.69) is 4.90 Å². The van der Waals surface area contributed by atoms with E-state index < -0.39 is 5.91 Å². The highest BCUT2D eigenvalue weighted by molar-refractivity contribution is 5.91. The molecule has 0 spiro atoms. The van der Waals surface area contributed by atoms with Crippen LogP contribution in [0.25, 0.3) is 0 Å². The molecule has 0 unspecified atom stereocenters. The zero-order valence-corrected chi connectivity index (χ0v) is 15.1. The van der Waals surface area contributed by atoms with Gasteiger partial charge in [-0.05, 0) is 12.1 Å². The zero-order chi connectivity index (χ0) is 19.4. The molecule has 3 heterocycles. The second-order valence-electron chi connectivity index (χ2n) is 6.34. The van der Waals surface area contributed by atoms with E-state index in [1.54, 1.807) is 21.6 Å². The lowest BCUT2D eigenvalue weighted by atomic mass is 10.2. The molecule has 27 heavy (non-hydrogen) atoms. The van der Waals surface area contributed by atoms with Crippen LogP contribution >= 0.6 is 0 Å². The SMILES string of the molecule is COc1cn(CC(N)=O)c(CN2CCN(C(=O)c3ccco3)CC2)cc1=O. The van der Waals surface area contributed by atoms with Crippen LogP contribution in [0.2, 0.25) is 0 Å². The van der Waals surface area contributed by atoms with E-state index in [4.69, 9.17) is 14.9 Å². The van der Waals surface area contributed by atoms with Gasteiger partial charge < -0.3 is 24.4 Å². The number of hydrogen-bond donors (Lipinski definition) is 1. The maximum absolute atomic E-state index is 12.3. The minimum Gasteiger partial charge on any atom is -0.491 e. The molecule has 1 saturated heterocycles. The Morgan fingerprint density at radius 2 is 2.00 bits per heavy atom. The van der Waals surface area contributed by atoms with E-state index in [0.717, 1.165) is 0 Å². The normalized spacial score (nSPS) is 14.9. The first-order valence-electron chi connectivity index (χ1n) is 8.58. The predicted octanol–water partition coefficient (Wildman–Crippen LogP) is -0.107. The molecule has 3 rings (SSSR count).